The van der Waals surface area contributed by atoms with E-state index in [0.29, 0.717) is 12.1 Å². The fourth-order valence-corrected chi connectivity index (χ4v) is 5.92. The van der Waals surface area contributed by atoms with Gasteiger partial charge in [0.05, 0.1) is 24.1 Å². The number of nitrogens with zero attached hydrogens (tertiary/aromatic N) is 1. The quantitative estimate of drug-likeness (QED) is 0.701. The Hall–Kier alpha value is -2.86. The number of benzene rings is 2. The van der Waals surface area contributed by atoms with E-state index in [9.17, 15) is 9.59 Å². The van der Waals surface area contributed by atoms with Crippen molar-refractivity contribution in [3.05, 3.63) is 64.7 Å². The number of rotatable bonds is 5. The monoisotopic (exact) mass is 461 g/mol. The van der Waals surface area contributed by atoms with E-state index < -0.39 is 0 Å². The van der Waals surface area contributed by atoms with Gasteiger partial charge in [0.25, 0.3) is 5.91 Å². The first-order chi connectivity index (χ1) is 16.4. The lowest BCUT2D eigenvalue weighted by Gasteiger charge is -2.49. The van der Waals surface area contributed by atoms with E-state index in [0.717, 1.165) is 54.7 Å². The molecule has 0 aliphatic carbocycles. The third kappa shape index (κ3) is 4.31. The lowest BCUT2D eigenvalue weighted by Crippen LogP contribution is -2.58. The highest BCUT2D eigenvalue weighted by Gasteiger charge is 2.46. The molecule has 2 aromatic rings. The van der Waals surface area contributed by atoms with Crippen LogP contribution in [-0.4, -0.2) is 41.9 Å². The van der Waals surface area contributed by atoms with E-state index in [1.165, 1.54) is 0 Å². The summed E-state index contributed by atoms with van der Waals surface area (Å²) in [6.07, 6.45) is 3.60. The van der Waals surface area contributed by atoms with E-state index in [-0.39, 0.29) is 42.0 Å². The zero-order valence-corrected chi connectivity index (χ0v) is 20.3. The predicted molar refractivity (Wildman–Crippen MR) is 132 cm³/mol. The van der Waals surface area contributed by atoms with Crippen molar-refractivity contribution in [3.63, 3.8) is 0 Å². The number of carbonyl (C=O) groups excluding carboxylic acids is 2. The zero-order chi connectivity index (χ0) is 23.8. The van der Waals surface area contributed by atoms with Crippen molar-refractivity contribution in [1.29, 1.82) is 0 Å². The molecule has 0 spiro atoms. The van der Waals surface area contributed by atoms with Gasteiger partial charge in [-0.1, -0.05) is 30.3 Å². The molecule has 3 heterocycles. The summed E-state index contributed by atoms with van der Waals surface area (Å²) >= 11 is 0. The van der Waals surface area contributed by atoms with Gasteiger partial charge in [-0.15, -0.1) is 0 Å². The molecule has 6 heteroatoms. The summed E-state index contributed by atoms with van der Waals surface area (Å²) in [5.74, 6) is 0.904. The lowest BCUT2D eigenvalue weighted by atomic mass is 9.75. The van der Waals surface area contributed by atoms with Crippen LogP contribution in [0.5, 0.6) is 5.75 Å². The topological polar surface area (TPSA) is 70.7 Å². The number of hydrogen-bond donors (Lipinski definition) is 2. The normalized spacial score (nSPS) is 24.6. The van der Waals surface area contributed by atoms with Gasteiger partial charge in [0.15, 0.2) is 0 Å². The lowest BCUT2D eigenvalue weighted by molar-refractivity contribution is -0.145. The Morgan fingerprint density at radius 1 is 1.18 bits per heavy atom. The van der Waals surface area contributed by atoms with Crippen molar-refractivity contribution in [3.8, 4) is 5.75 Å². The fraction of sp³-hybridized carbons (Fsp3) is 0.500. The van der Waals surface area contributed by atoms with Gasteiger partial charge in [-0.05, 0) is 81.8 Å². The first kappa shape index (κ1) is 22.9. The molecule has 2 amide bonds. The number of nitrogens with one attached hydrogen (secondary N) is 2. The summed E-state index contributed by atoms with van der Waals surface area (Å²) in [7, 11) is 0. The number of amides is 2. The Kier molecular flexibility index (Phi) is 6.34. The molecule has 3 aliphatic rings. The number of hydrogen-bond acceptors (Lipinski definition) is 4. The highest BCUT2D eigenvalue weighted by molar-refractivity contribution is 5.97. The maximum absolute atomic E-state index is 13.7. The molecule has 2 fully saturated rings. The number of ether oxygens (including phenoxy) is 1. The standard InChI is InChI=1S/C28H35N3O3/c1-17(2)34-21-14-20-11-13-31-25(16-24-22(28(31)33)10-7-12-29-24)26(20)23(15-21)27(32)30-18(3)19-8-5-4-6-9-19/h4-6,8-9,14-15,17-18,22,24-25,29H,7,10-13,16H2,1-3H3,(H,30,32)/t18-,22-,24-,25+/m1/s1. The van der Waals surface area contributed by atoms with Gasteiger partial charge in [-0.3, -0.25) is 9.59 Å². The second-order valence-electron chi connectivity index (χ2n) is 10.2. The van der Waals surface area contributed by atoms with Crippen LogP contribution in [0.15, 0.2) is 42.5 Å². The van der Waals surface area contributed by atoms with Crippen LogP contribution in [0.4, 0.5) is 0 Å². The van der Waals surface area contributed by atoms with Gasteiger partial charge in [0.2, 0.25) is 5.91 Å². The smallest absolute Gasteiger partial charge is 0.252 e. The maximum atomic E-state index is 13.7. The minimum absolute atomic E-state index is 0.0146. The number of carbonyl (C=O) groups is 2. The fourth-order valence-electron chi connectivity index (χ4n) is 5.92. The van der Waals surface area contributed by atoms with Gasteiger partial charge in [0.1, 0.15) is 5.75 Å². The summed E-state index contributed by atoms with van der Waals surface area (Å²) in [6.45, 7) is 7.64. The summed E-state index contributed by atoms with van der Waals surface area (Å²) in [5.41, 5.74) is 3.81. The highest BCUT2D eigenvalue weighted by atomic mass is 16.5. The summed E-state index contributed by atoms with van der Waals surface area (Å²) in [6, 6.07) is 13.9. The first-order valence-corrected chi connectivity index (χ1v) is 12.7. The molecular weight excluding hydrogens is 426 g/mol. The van der Waals surface area contributed by atoms with Gasteiger partial charge >= 0.3 is 0 Å². The zero-order valence-electron chi connectivity index (χ0n) is 20.3. The molecule has 0 bridgehead atoms. The van der Waals surface area contributed by atoms with Crippen LogP contribution in [0, 0.1) is 5.92 Å². The second kappa shape index (κ2) is 9.41. The molecule has 2 aromatic carbocycles. The molecule has 0 radical (unpaired) electrons. The van der Waals surface area contributed by atoms with Crippen LogP contribution >= 0.6 is 0 Å². The molecule has 0 saturated carbocycles. The molecule has 0 aromatic heterocycles. The van der Waals surface area contributed by atoms with Crippen LogP contribution in [0.25, 0.3) is 0 Å². The third-order valence-corrected chi connectivity index (χ3v) is 7.50. The van der Waals surface area contributed by atoms with E-state index >= 15 is 0 Å². The SMILES string of the molecule is CC(C)Oc1cc2c(c(C(=O)N[C@H](C)c3ccccc3)c1)[C@@H]1C[C@H]3NCCC[C@H]3C(=O)N1CC2. The van der Waals surface area contributed by atoms with Crippen molar-refractivity contribution in [2.24, 2.45) is 5.92 Å². The molecule has 0 unspecified atom stereocenters. The third-order valence-electron chi connectivity index (χ3n) is 7.50. The Morgan fingerprint density at radius 3 is 2.74 bits per heavy atom. The summed E-state index contributed by atoms with van der Waals surface area (Å²) in [4.78, 5) is 29.2. The molecule has 4 atom stereocenters. The average molecular weight is 462 g/mol. The first-order valence-electron chi connectivity index (χ1n) is 12.7. The van der Waals surface area contributed by atoms with E-state index in [1.54, 1.807) is 0 Å². The van der Waals surface area contributed by atoms with Crippen LogP contribution < -0.4 is 15.4 Å². The van der Waals surface area contributed by atoms with E-state index in [2.05, 4.69) is 16.7 Å². The van der Waals surface area contributed by atoms with Crippen molar-refractivity contribution < 1.29 is 14.3 Å². The van der Waals surface area contributed by atoms with Crippen LogP contribution in [0.2, 0.25) is 0 Å². The van der Waals surface area contributed by atoms with Crippen LogP contribution in [0.3, 0.4) is 0 Å². The van der Waals surface area contributed by atoms with E-state index in [1.807, 2.05) is 62.1 Å². The van der Waals surface area contributed by atoms with Gasteiger partial charge in [0, 0.05) is 18.2 Å². The molecule has 5 rings (SSSR count). The van der Waals surface area contributed by atoms with Crippen molar-refractivity contribution in [2.75, 3.05) is 13.1 Å². The summed E-state index contributed by atoms with van der Waals surface area (Å²) < 4.78 is 6.03. The van der Waals surface area contributed by atoms with Crippen molar-refractivity contribution in [2.45, 2.75) is 70.7 Å². The Bertz CT molecular complexity index is 1070. The average Bonchev–Trinajstić information content (AvgIpc) is 2.83. The van der Waals surface area contributed by atoms with Gasteiger partial charge in [-0.25, -0.2) is 0 Å². The molecule has 180 valence electrons. The molecule has 2 saturated heterocycles. The highest BCUT2D eigenvalue weighted by Crippen LogP contribution is 2.44. The molecule has 3 aliphatic heterocycles. The van der Waals surface area contributed by atoms with Gasteiger partial charge in [-0.2, -0.15) is 0 Å². The van der Waals surface area contributed by atoms with Crippen molar-refractivity contribution in [1.82, 2.24) is 15.5 Å². The minimum Gasteiger partial charge on any atom is -0.491 e. The van der Waals surface area contributed by atoms with Crippen LogP contribution in [0.1, 0.15) is 79.2 Å². The largest absolute Gasteiger partial charge is 0.491 e. The van der Waals surface area contributed by atoms with Crippen LogP contribution in [-0.2, 0) is 11.2 Å². The maximum Gasteiger partial charge on any atom is 0.252 e. The Morgan fingerprint density at radius 2 is 1.97 bits per heavy atom. The Balaban J connectivity index is 1.52. The second-order valence-corrected chi connectivity index (χ2v) is 10.2. The molecular formula is C28H35N3O3. The number of piperidine rings is 2. The minimum atomic E-state index is -0.129. The Labute approximate surface area is 202 Å². The molecule has 2 N–H and O–H groups in total. The molecule has 34 heavy (non-hydrogen) atoms. The van der Waals surface area contributed by atoms with Crippen molar-refractivity contribution >= 4 is 11.8 Å². The number of fused-ring (bicyclic) bond motifs is 4. The summed E-state index contributed by atoms with van der Waals surface area (Å²) in [5, 5.41) is 6.78. The van der Waals surface area contributed by atoms with E-state index in [4.69, 9.17) is 4.74 Å². The van der Waals surface area contributed by atoms with Gasteiger partial charge < -0.3 is 20.3 Å². The molecule has 6 nitrogen and oxygen atoms in total. The predicted octanol–water partition coefficient (Wildman–Crippen LogP) is 4.16.